The van der Waals surface area contributed by atoms with Crippen LogP contribution in [-0.4, -0.2) is 18.5 Å². The summed E-state index contributed by atoms with van der Waals surface area (Å²) in [5.41, 5.74) is 6.61. The molecule has 3 heteroatoms. The van der Waals surface area contributed by atoms with E-state index in [1.54, 1.807) is 0 Å². The molecule has 2 rings (SSSR count). The van der Waals surface area contributed by atoms with E-state index in [1.165, 1.54) is 0 Å². The second-order valence-electron chi connectivity index (χ2n) is 5.50. The summed E-state index contributed by atoms with van der Waals surface area (Å²) in [4.78, 5) is 12.5. The Bertz CT molecular complexity index is 412. The van der Waals surface area contributed by atoms with Crippen LogP contribution in [0, 0.1) is 0 Å². The topological polar surface area (TPSA) is 55.1 Å². The van der Waals surface area contributed by atoms with Gasteiger partial charge in [-0.3, -0.25) is 4.79 Å². The molecule has 1 aromatic carbocycles. The van der Waals surface area contributed by atoms with E-state index in [0.29, 0.717) is 6.54 Å². The number of benzene rings is 1. The lowest BCUT2D eigenvalue weighted by Gasteiger charge is -2.21. The van der Waals surface area contributed by atoms with Crippen LogP contribution in [0.3, 0.4) is 0 Å². The van der Waals surface area contributed by atoms with Gasteiger partial charge in [-0.15, -0.1) is 0 Å². The van der Waals surface area contributed by atoms with Gasteiger partial charge in [-0.2, -0.15) is 0 Å². The van der Waals surface area contributed by atoms with E-state index in [1.807, 2.05) is 18.2 Å². The normalized spacial score (nSPS) is 17.8. The van der Waals surface area contributed by atoms with Gasteiger partial charge in [-0.05, 0) is 24.8 Å². The first kappa shape index (κ1) is 14.1. The summed E-state index contributed by atoms with van der Waals surface area (Å²) in [6.07, 6.45) is 5.13. The molecule has 1 amide bonds. The summed E-state index contributed by atoms with van der Waals surface area (Å²) in [6, 6.07) is 10.2. The molecule has 3 nitrogen and oxygen atoms in total. The molecule has 1 aliphatic rings. The fraction of sp³-hybridized carbons (Fsp3) is 0.562. The Morgan fingerprint density at radius 2 is 2.05 bits per heavy atom. The Kier molecular flexibility index (Phi) is 4.59. The van der Waals surface area contributed by atoms with Crippen molar-refractivity contribution in [3.63, 3.8) is 0 Å². The van der Waals surface area contributed by atoms with Gasteiger partial charge < -0.3 is 11.1 Å². The van der Waals surface area contributed by atoms with Crippen LogP contribution >= 0.6 is 0 Å². The number of hydrogen-bond acceptors (Lipinski definition) is 2. The van der Waals surface area contributed by atoms with Gasteiger partial charge in [0.1, 0.15) is 0 Å². The van der Waals surface area contributed by atoms with Gasteiger partial charge in [-0.1, -0.05) is 50.1 Å². The third kappa shape index (κ3) is 3.16. The van der Waals surface area contributed by atoms with Crippen LogP contribution in [0.25, 0.3) is 0 Å². The number of carbonyl (C=O) groups is 1. The van der Waals surface area contributed by atoms with Crippen molar-refractivity contribution in [1.29, 1.82) is 0 Å². The maximum Gasteiger partial charge on any atom is 0.230 e. The molecule has 3 N–H and O–H groups in total. The molecular formula is C16H24N2O. The number of rotatable bonds is 7. The third-order valence-corrected chi connectivity index (χ3v) is 4.04. The smallest absolute Gasteiger partial charge is 0.230 e. The summed E-state index contributed by atoms with van der Waals surface area (Å²) in [6.45, 7) is 2.68. The molecule has 1 aliphatic carbocycles. The van der Waals surface area contributed by atoms with E-state index in [4.69, 9.17) is 5.73 Å². The highest BCUT2D eigenvalue weighted by Gasteiger charge is 2.51. The molecule has 0 spiro atoms. The number of carbonyl (C=O) groups excluding carboxylic acids is 1. The number of nitrogens with two attached hydrogens (primary N) is 1. The largest absolute Gasteiger partial charge is 0.351 e. The minimum atomic E-state index is -0.277. The zero-order valence-electron chi connectivity index (χ0n) is 11.7. The molecule has 1 atom stereocenters. The zero-order chi connectivity index (χ0) is 13.7. The van der Waals surface area contributed by atoms with Gasteiger partial charge in [0.15, 0.2) is 0 Å². The molecule has 0 aromatic heterocycles. The summed E-state index contributed by atoms with van der Waals surface area (Å²) in [5.74, 6) is 0.158. The summed E-state index contributed by atoms with van der Waals surface area (Å²) in [7, 11) is 0. The fourth-order valence-corrected chi connectivity index (χ4v) is 2.55. The van der Waals surface area contributed by atoms with E-state index in [9.17, 15) is 4.79 Å². The first-order valence-corrected chi connectivity index (χ1v) is 7.29. The van der Waals surface area contributed by atoms with Crippen molar-refractivity contribution in [2.24, 2.45) is 5.73 Å². The molecule has 104 valence electrons. The minimum absolute atomic E-state index is 0.119. The molecule has 0 saturated heterocycles. The highest BCUT2D eigenvalue weighted by Crippen LogP contribution is 2.48. The van der Waals surface area contributed by atoms with Crippen molar-refractivity contribution < 1.29 is 4.79 Å². The third-order valence-electron chi connectivity index (χ3n) is 4.04. The highest BCUT2D eigenvalue weighted by molar-refractivity contribution is 5.91. The van der Waals surface area contributed by atoms with E-state index in [-0.39, 0.29) is 17.4 Å². The second kappa shape index (κ2) is 6.20. The second-order valence-corrected chi connectivity index (χ2v) is 5.50. The van der Waals surface area contributed by atoms with Gasteiger partial charge in [0.05, 0.1) is 5.41 Å². The van der Waals surface area contributed by atoms with Crippen LogP contribution in [0.15, 0.2) is 30.3 Å². The summed E-state index contributed by atoms with van der Waals surface area (Å²) < 4.78 is 0. The minimum Gasteiger partial charge on any atom is -0.351 e. The number of nitrogens with one attached hydrogen (secondary N) is 1. The zero-order valence-corrected chi connectivity index (χ0v) is 11.7. The SMILES string of the molecule is CCCCC(CN)NC(=O)C1(c2ccccc2)CC1. The van der Waals surface area contributed by atoms with Gasteiger partial charge in [0.2, 0.25) is 5.91 Å². The fourth-order valence-electron chi connectivity index (χ4n) is 2.55. The molecule has 0 aliphatic heterocycles. The van der Waals surface area contributed by atoms with E-state index in [0.717, 1.165) is 37.7 Å². The molecule has 1 saturated carbocycles. The van der Waals surface area contributed by atoms with Crippen LogP contribution in [-0.2, 0) is 10.2 Å². The average molecular weight is 260 g/mol. The highest BCUT2D eigenvalue weighted by atomic mass is 16.2. The number of hydrogen-bond donors (Lipinski definition) is 2. The molecule has 0 bridgehead atoms. The van der Waals surface area contributed by atoms with E-state index < -0.39 is 0 Å². The van der Waals surface area contributed by atoms with Crippen LogP contribution < -0.4 is 11.1 Å². The molecule has 1 aromatic rings. The lowest BCUT2D eigenvalue weighted by molar-refractivity contribution is -0.124. The monoisotopic (exact) mass is 260 g/mol. The van der Waals surface area contributed by atoms with Crippen LogP contribution in [0.5, 0.6) is 0 Å². The van der Waals surface area contributed by atoms with E-state index in [2.05, 4.69) is 24.4 Å². The van der Waals surface area contributed by atoms with Crippen molar-refractivity contribution in [2.75, 3.05) is 6.54 Å². The number of amides is 1. The average Bonchev–Trinajstić information content (AvgIpc) is 3.26. The lowest BCUT2D eigenvalue weighted by atomic mass is 9.94. The van der Waals surface area contributed by atoms with Crippen LogP contribution in [0.2, 0.25) is 0 Å². The quantitative estimate of drug-likeness (QED) is 0.790. The van der Waals surface area contributed by atoms with E-state index >= 15 is 0 Å². The Labute approximate surface area is 115 Å². The summed E-state index contributed by atoms with van der Waals surface area (Å²) in [5, 5.41) is 3.14. The molecule has 0 radical (unpaired) electrons. The maximum atomic E-state index is 12.5. The molecule has 1 fully saturated rings. The molecule has 0 heterocycles. The van der Waals surface area contributed by atoms with Crippen molar-refractivity contribution >= 4 is 5.91 Å². The van der Waals surface area contributed by atoms with Crippen molar-refractivity contribution in [3.05, 3.63) is 35.9 Å². The Morgan fingerprint density at radius 3 is 2.58 bits per heavy atom. The molecule has 19 heavy (non-hydrogen) atoms. The van der Waals surface area contributed by atoms with Gasteiger partial charge in [0.25, 0.3) is 0 Å². The Balaban J connectivity index is 1.99. The first-order chi connectivity index (χ1) is 9.23. The predicted molar refractivity (Wildman–Crippen MR) is 77.9 cm³/mol. The lowest BCUT2D eigenvalue weighted by Crippen LogP contribution is -2.45. The van der Waals surface area contributed by atoms with Gasteiger partial charge >= 0.3 is 0 Å². The molecule has 1 unspecified atom stereocenters. The standard InChI is InChI=1S/C16H24N2O/c1-2-3-9-14(12-17)18-15(19)16(10-11-16)13-7-5-4-6-8-13/h4-8,14H,2-3,9-12,17H2,1H3,(H,18,19). The molecular weight excluding hydrogens is 236 g/mol. The van der Waals surface area contributed by atoms with Gasteiger partial charge in [0, 0.05) is 12.6 Å². The number of unbranched alkanes of at least 4 members (excludes halogenated alkanes) is 1. The van der Waals surface area contributed by atoms with Crippen LogP contribution in [0.1, 0.15) is 44.6 Å². The van der Waals surface area contributed by atoms with Gasteiger partial charge in [-0.25, -0.2) is 0 Å². The van der Waals surface area contributed by atoms with Crippen molar-refractivity contribution in [3.8, 4) is 0 Å². The van der Waals surface area contributed by atoms with Crippen molar-refractivity contribution in [2.45, 2.75) is 50.5 Å². The Hall–Kier alpha value is -1.35. The summed E-state index contributed by atoms with van der Waals surface area (Å²) >= 11 is 0. The maximum absolute atomic E-state index is 12.5. The first-order valence-electron chi connectivity index (χ1n) is 7.29. The Morgan fingerprint density at radius 1 is 1.37 bits per heavy atom. The van der Waals surface area contributed by atoms with Crippen LogP contribution in [0.4, 0.5) is 0 Å². The van der Waals surface area contributed by atoms with Crippen molar-refractivity contribution in [1.82, 2.24) is 5.32 Å². The predicted octanol–water partition coefficient (Wildman–Crippen LogP) is 2.35.